The maximum absolute atomic E-state index is 13.0. The minimum Gasteiger partial charge on any atom is -0.371 e. The first-order chi connectivity index (χ1) is 13.8. The number of aromatic nitrogens is 2. The van der Waals surface area contributed by atoms with Crippen LogP contribution >= 0.6 is 11.3 Å². The van der Waals surface area contributed by atoms with Crippen LogP contribution in [-0.4, -0.2) is 41.6 Å². The molecule has 7 heteroatoms. The first-order valence-electron chi connectivity index (χ1n) is 9.73. The number of amides is 1. The maximum atomic E-state index is 13.0. The zero-order chi connectivity index (χ0) is 18.9. The van der Waals surface area contributed by atoms with E-state index in [9.17, 15) is 4.79 Å². The zero-order valence-corrected chi connectivity index (χ0v) is 16.3. The van der Waals surface area contributed by atoms with Crippen LogP contribution in [-0.2, 0) is 16.0 Å². The number of nitrogens with zero attached hydrogens (tertiary/aromatic N) is 3. The third kappa shape index (κ3) is 3.14. The highest BCUT2D eigenvalue weighted by molar-refractivity contribution is 7.10. The average molecular weight is 395 g/mol. The quantitative estimate of drug-likeness (QED) is 0.737. The lowest BCUT2D eigenvalue weighted by Gasteiger charge is -2.28. The van der Waals surface area contributed by atoms with Gasteiger partial charge in [-0.2, -0.15) is 0 Å². The molecule has 28 heavy (non-hydrogen) atoms. The van der Waals surface area contributed by atoms with E-state index >= 15 is 0 Å². The molecule has 0 unspecified atom stereocenters. The van der Waals surface area contributed by atoms with Gasteiger partial charge in [0.1, 0.15) is 24.3 Å². The van der Waals surface area contributed by atoms with Crippen molar-refractivity contribution in [3.05, 3.63) is 52.5 Å². The summed E-state index contributed by atoms with van der Waals surface area (Å²) in [6, 6.07) is 9.86. The highest BCUT2D eigenvalue weighted by Crippen LogP contribution is 2.32. The van der Waals surface area contributed by atoms with Gasteiger partial charge in [-0.3, -0.25) is 4.79 Å². The molecule has 5 rings (SSSR count). The van der Waals surface area contributed by atoms with E-state index in [1.54, 1.807) is 17.7 Å². The molecule has 0 aliphatic carbocycles. The molecule has 1 amide bonds. The third-order valence-corrected chi connectivity index (χ3v) is 6.58. The van der Waals surface area contributed by atoms with Gasteiger partial charge in [-0.15, -0.1) is 11.3 Å². The molecule has 2 aliphatic rings. The van der Waals surface area contributed by atoms with E-state index in [1.165, 1.54) is 10.4 Å². The van der Waals surface area contributed by atoms with E-state index < -0.39 is 0 Å². The second-order valence-corrected chi connectivity index (χ2v) is 8.22. The highest BCUT2D eigenvalue weighted by atomic mass is 32.1. The fraction of sp³-hybridized carbons (Fsp3) is 0.381. The van der Waals surface area contributed by atoms with Crippen molar-refractivity contribution in [2.45, 2.75) is 31.4 Å². The first kappa shape index (κ1) is 17.6. The van der Waals surface area contributed by atoms with Gasteiger partial charge in [-0.1, -0.05) is 12.1 Å². The van der Waals surface area contributed by atoms with Crippen LogP contribution in [0, 0.1) is 0 Å². The largest absolute Gasteiger partial charge is 0.371 e. The number of hydrogen-bond acceptors (Lipinski definition) is 6. The number of carbonyl (C=O) groups is 1. The Kier molecular flexibility index (Phi) is 4.70. The molecule has 0 bridgehead atoms. The smallest absolute Gasteiger partial charge is 0.242 e. The lowest BCUT2D eigenvalue weighted by atomic mass is 10.1. The molecule has 4 heterocycles. The van der Waals surface area contributed by atoms with Crippen molar-refractivity contribution < 1.29 is 9.53 Å². The van der Waals surface area contributed by atoms with E-state index in [2.05, 4.69) is 31.6 Å². The summed E-state index contributed by atoms with van der Waals surface area (Å²) in [7, 11) is 0. The van der Waals surface area contributed by atoms with Crippen molar-refractivity contribution in [1.29, 1.82) is 0 Å². The van der Waals surface area contributed by atoms with Crippen molar-refractivity contribution in [1.82, 2.24) is 15.3 Å². The van der Waals surface area contributed by atoms with Crippen LogP contribution in [0.2, 0.25) is 0 Å². The Labute approximate surface area is 167 Å². The predicted octanol–water partition coefficient (Wildman–Crippen LogP) is 3.09. The van der Waals surface area contributed by atoms with Crippen molar-refractivity contribution >= 4 is 34.0 Å². The Balaban J connectivity index is 1.32. The summed E-state index contributed by atoms with van der Waals surface area (Å²) in [5, 5.41) is 6.22. The summed E-state index contributed by atoms with van der Waals surface area (Å²) in [5.74, 6) is 0.892. The number of thiophene rings is 1. The lowest BCUT2D eigenvalue weighted by molar-refractivity contribution is -0.123. The molecule has 2 aliphatic heterocycles. The van der Waals surface area contributed by atoms with Gasteiger partial charge in [0.05, 0.1) is 12.1 Å². The number of ether oxygens (including phenoxy) is 1. The van der Waals surface area contributed by atoms with Gasteiger partial charge in [-0.05, 0) is 42.0 Å². The molecule has 2 atom stereocenters. The molecule has 3 aromatic rings. The summed E-state index contributed by atoms with van der Waals surface area (Å²) in [6.45, 7) is 2.06. The second-order valence-electron chi connectivity index (χ2n) is 7.22. The van der Waals surface area contributed by atoms with Gasteiger partial charge in [0.2, 0.25) is 5.91 Å². The average Bonchev–Trinajstić information content (AvgIpc) is 3.41. The van der Waals surface area contributed by atoms with Gasteiger partial charge >= 0.3 is 0 Å². The minimum atomic E-state index is -0.205. The standard InChI is InChI=1S/C21H22N4O2S/c26-21(22-12-18-15-8-11-28-19(15)7-10-27-18)17-6-3-9-25(17)20-14-4-1-2-5-16(14)23-13-24-20/h1-2,4-5,8,11,13,17-18H,3,6-7,9-10,12H2,(H,22,26)/t17-,18-/m1/s1. The van der Waals surface area contributed by atoms with E-state index in [0.29, 0.717) is 6.54 Å². The predicted molar refractivity (Wildman–Crippen MR) is 110 cm³/mol. The number of anilines is 1. The molecule has 2 aromatic heterocycles. The number of hydrogen-bond donors (Lipinski definition) is 1. The number of benzene rings is 1. The monoisotopic (exact) mass is 394 g/mol. The van der Waals surface area contributed by atoms with Crippen LogP contribution in [0.5, 0.6) is 0 Å². The summed E-state index contributed by atoms with van der Waals surface area (Å²) >= 11 is 1.77. The van der Waals surface area contributed by atoms with Crippen LogP contribution in [0.15, 0.2) is 42.0 Å². The topological polar surface area (TPSA) is 67.3 Å². The summed E-state index contributed by atoms with van der Waals surface area (Å²) < 4.78 is 5.90. The second kappa shape index (κ2) is 7.48. The van der Waals surface area contributed by atoms with Crippen molar-refractivity contribution in [3.63, 3.8) is 0 Å². The maximum Gasteiger partial charge on any atom is 0.242 e. The molecule has 6 nitrogen and oxygen atoms in total. The Morgan fingerprint density at radius 1 is 1.29 bits per heavy atom. The molecule has 1 fully saturated rings. The van der Waals surface area contributed by atoms with Crippen molar-refractivity contribution in [2.24, 2.45) is 0 Å². The number of nitrogens with one attached hydrogen (secondary N) is 1. The minimum absolute atomic E-state index is 0.0474. The molecule has 1 aromatic carbocycles. The van der Waals surface area contributed by atoms with Crippen LogP contribution in [0.25, 0.3) is 10.9 Å². The molecular weight excluding hydrogens is 372 g/mol. The van der Waals surface area contributed by atoms with Crippen molar-refractivity contribution in [3.8, 4) is 0 Å². The summed E-state index contributed by atoms with van der Waals surface area (Å²) in [5.41, 5.74) is 2.13. The van der Waals surface area contributed by atoms with Gasteiger partial charge in [-0.25, -0.2) is 9.97 Å². The third-order valence-electron chi connectivity index (χ3n) is 5.59. The Morgan fingerprint density at radius 3 is 3.18 bits per heavy atom. The lowest BCUT2D eigenvalue weighted by Crippen LogP contribution is -2.45. The van der Waals surface area contributed by atoms with Gasteiger partial charge in [0.15, 0.2) is 0 Å². The van der Waals surface area contributed by atoms with Gasteiger partial charge in [0, 0.05) is 29.8 Å². The van der Waals surface area contributed by atoms with Crippen LogP contribution in [0.1, 0.15) is 29.4 Å². The molecule has 0 radical (unpaired) electrons. The number of para-hydroxylation sites is 1. The zero-order valence-electron chi connectivity index (χ0n) is 15.5. The number of rotatable bonds is 4. The van der Waals surface area contributed by atoms with E-state index in [0.717, 1.165) is 49.1 Å². The molecule has 0 spiro atoms. The van der Waals surface area contributed by atoms with Crippen molar-refractivity contribution in [2.75, 3.05) is 24.6 Å². The molecule has 1 saturated heterocycles. The van der Waals surface area contributed by atoms with Crippen LogP contribution < -0.4 is 10.2 Å². The van der Waals surface area contributed by atoms with E-state index in [4.69, 9.17) is 4.74 Å². The molecular formula is C21H22N4O2S. The fourth-order valence-electron chi connectivity index (χ4n) is 4.22. The van der Waals surface area contributed by atoms with Gasteiger partial charge < -0.3 is 15.0 Å². The fourth-order valence-corrected chi connectivity index (χ4v) is 5.13. The van der Waals surface area contributed by atoms with E-state index in [1.807, 2.05) is 24.3 Å². The normalized spacial score (nSPS) is 21.6. The Hall–Kier alpha value is -2.51. The Bertz CT molecular complexity index is 999. The summed E-state index contributed by atoms with van der Waals surface area (Å²) in [6.07, 6.45) is 4.31. The highest BCUT2D eigenvalue weighted by Gasteiger charge is 2.33. The van der Waals surface area contributed by atoms with E-state index in [-0.39, 0.29) is 18.1 Å². The first-order valence-corrected chi connectivity index (χ1v) is 10.6. The SMILES string of the molecule is O=C(NC[C@H]1OCCc2sccc21)[C@H]1CCCN1c1ncnc2ccccc12. The summed E-state index contributed by atoms with van der Waals surface area (Å²) in [4.78, 5) is 25.4. The van der Waals surface area contributed by atoms with Crippen LogP contribution in [0.4, 0.5) is 5.82 Å². The molecule has 0 saturated carbocycles. The number of carbonyl (C=O) groups excluding carboxylic acids is 1. The number of fused-ring (bicyclic) bond motifs is 2. The molecule has 1 N–H and O–H groups in total. The van der Waals surface area contributed by atoms with Gasteiger partial charge in [0.25, 0.3) is 0 Å². The van der Waals surface area contributed by atoms with Crippen LogP contribution in [0.3, 0.4) is 0 Å². The Morgan fingerprint density at radius 2 is 2.21 bits per heavy atom. The molecule has 144 valence electrons.